The maximum absolute atomic E-state index is 13.7. The molecule has 4 heterocycles. The number of ether oxygens (including phenoxy) is 1. The van der Waals surface area contributed by atoms with Gasteiger partial charge in [-0.1, -0.05) is 36.4 Å². The lowest BCUT2D eigenvalue weighted by Gasteiger charge is -2.28. The predicted molar refractivity (Wildman–Crippen MR) is 172 cm³/mol. The van der Waals surface area contributed by atoms with Gasteiger partial charge in [-0.25, -0.2) is 4.98 Å². The number of H-pyrrole nitrogens is 1. The number of aromatic amines is 1. The number of hydrogen-bond donors (Lipinski definition) is 2. The van der Waals surface area contributed by atoms with Crippen molar-refractivity contribution in [2.45, 2.75) is 25.7 Å². The second kappa shape index (κ2) is 10.1. The lowest BCUT2D eigenvalue weighted by Crippen LogP contribution is -2.36. The maximum Gasteiger partial charge on any atom is 0.262 e. The summed E-state index contributed by atoms with van der Waals surface area (Å²) in [4.78, 5) is 28.7. The van der Waals surface area contributed by atoms with Gasteiger partial charge in [-0.15, -0.1) is 0 Å². The van der Waals surface area contributed by atoms with Gasteiger partial charge in [0.05, 0.1) is 24.6 Å². The highest BCUT2D eigenvalue weighted by Gasteiger charge is 2.24. The van der Waals surface area contributed by atoms with Crippen LogP contribution in [0.1, 0.15) is 29.9 Å². The molecule has 3 aromatic carbocycles. The largest absolute Gasteiger partial charge is 0.378 e. The van der Waals surface area contributed by atoms with E-state index in [1.165, 1.54) is 24.1 Å². The predicted octanol–water partition coefficient (Wildman–Crippen LogP) is 6.20. The van der Waals surface area contributed by atoms with Crippen molar-refractivity contribution < 1.29 is 4.74 Å². The number of rotatable bonds is 5. The zero-order valence-corrected chi connectivity index (χ0v) is 24.0. The second-order valence-electron chi connectivity index (χ2n) is 11.6. The standard InChI is InChI=1S/C35H32N6O2/c1-21-27(3-2-4-31(21)41-14-13-25-19-24(22-5-6-22)9-12-28(25)34(41)42)32-29-20-30(37-33(29)39-35(36)38-32)23-7-10-26(11-8-23)40-15-17-43-18-16-40/h2-4,7-14,19-20,22H,5-6,15-18H2,1H3,(H3,36,37,38,39). The lowest BCUT2D eigenvalue weighted by molar-refractivity contribution is 0.122. The van der Waals surface area contributed by atoms with E-state index in [1.807, 2.05) is 43.5 Å². The van der Waals surface area contributed by atoms with Crippen molar-refractivity contribution in [1.82, 2.24) is 19.5 Å². The van der Waals surface area contributed by atoms with E-state index in [4.69, 9.17) is 15.5 Å². The molecule has 1 saturated carbocycles. The smallest absolute Gasteiger partial charge is 0.262 e. The summed E-state index contributed by atoms with van der Waals surface area (Å²) in [5.74, 6) is 0.837. The van der Waals surface area contributed by atoms with Crippen LogP contribution in [0, 0.1) is 6.92 Å². The van der Waals surface area contributed by atoms with Crippen LogP contribution in [0.15, 0.2) is 83.8 Å². The van der Waals surface area contributed by atoms with Gasteiger partial charge in [0, 0.05) is 47.0 Å². The summed E-state index contributed by atoms with van der Waals surface area (Å²) in [5, 5.41) is 2.59. The maximum atomic E-state index is 13.7. The van der Waals surface area contributed by atoms with Crippen LogP contribution in [0.25, 0.3) is 50.0 Å². The number of nitrogen functional groups attached to an aromatic ring is 1. The highest BCUT2D eigenvalue weighted by Crippen LogP contribution is 2.41. The number of hydrogen-bond acceptors (Lipinski definition) is 6. The topological polar surface area (TPSA) is 102 Å². The summed E-state index contributed by atoms with van der Waals surface area (Å²) < 4.78 is 7.23. The molecule has 43 heavy (non-hydrogen) atoms. The van der Waals surface area contributed by atoms with Crippen LogP contribution in [0.3, 0.4) is 0 Å². The fourth-order valence-corrected chi connectivity index (χ4v) is 6.33. The summed E-state index contributed by atoms with van der Waals surface area (Å²) in [7, 11) is 0. The van der Waals surface area contributed by atoms with Gasteiger partial charge in [-0.3, -0.25) is 9.36 Å². The Morgan fingerprint density at radius 2 is 1.74 bits per heavy atom. The Morgan fingerprint density at radius 3 is 2.53 bits per heavy atom. The molecule has 3 N–H and O–H groups in total. The zero-order valence-electron chi connectivity index (χ0n) is 24.0. The van der Waals surface area contributed by atoms with Crippen LogP contribution >= 0.6 is 0 Å². The monoisotopic (exact) mass is 568 g/mol. The first-order valence-electron chi connectivity index (χ1n) is 14.9. The fraction of sp³-hybridized carbons (Fsp3) is 0.229. The highest BCUT2D eigenvalue weighted by molar-refractivity contribution is 5.96. The van der Waals surface area contributed by atoms with Crippen molar-refractivity contribution in [3.63, 3.8) is 0 Å². The van der Waals surface area contributed by atoms with Crippen molar-refractivity contribution in [2.75, 3.05) is 36.9 Å². The van der Waals surface area contributed by atoms with E-state index in [-0.39, 0.29) is 11.5 Å². The number of anilines is 2. The number of nitrogens with two attached hydrogens (primary N) is 1. The molecule has 1 aliphatic heterocycles. The van der Waals surface area contributed by atoms with Gasteiger partial charge in [-0.2, -0.15) is 4.98 Å². The fourth-order valence-electron chi connectivity index (χ4n) is 6.33. The van der Waals surface area contributed by atoms with E-state index < -0.39 is 0 Å². The summed E-state index contributed by atoms with van der Waals surface area (Å²) in [5.41, 5.74) is 14.8. The Labute approximate surface area is 248 Å². The second-order valence-corrected chi connectivity index (χ2v) is 11.6. The van der Waals surface area contributed by atoms with E-state index in [0.29, 0.717) is 11.6 Å². The number of pyridine rings is 1. The molecule has 8 rings (SSSR count). The molecule has 3 aromatic heterocycles. The lowest BCUT2D eigenvalue weighted by atomic mass is 10.0. The van der Waals surface area contributed by atoms with Crippen LogP contribution in [-0.4, -0.2) is 45.8 Å². The van der Waals surface area contributed by atoms with Crippen LogP contribution in [0.5, 0.6) is 0 Å². The average molecular weight is 569 g/mol. The molecule has 214 valence electrons. The minimum atomic E-state index is -0.0306. The van der Waals surface area contributed by atoms with Crippen molar-refractivity contribution in [1.29, 1.82) is 0 Å². The Balaban J connectivity index is 1.19. The molecule has 6 aromatic rings. The normalized spacial score (nSPS) is 15.4. The highest BCUT2D eigenvalue weighted by atomic mass is 16.5. The van der Waals surface area contributed by atoms with Crippen LogP contribution < -0.4 is 16.2 Å². The summed E-state index contributed by atoms with van der Waals surface area (Å²) in [6.07, 6.45) is 4.35. The van der Waals surface area contributed by atoms with E-state index in [2.05, 4.69) is 57.3 Å². The molecule has 0 spiro atoms. The Hall–Kier alpha value is -4.95. The van der Waals surface area contributed by atoms with Crippen molar-refractivity contribution >= 4 is 33.4 Å². The molecule has 0 bridgehead atoms. The van der Waals surface area contributed by atoms with Crippen LogP contribution in [0.2, 0.25) is 0 Å². The SMILES string of the molecule is Cc1c(-c2nc(N)nc3[nH]c(-c4ccc(N5CCOCC5)cc4)cc23)cccc1-n1ccc2cc(C3CC3)ccc2c1=O. The molecule has 1 saturated heterocycles. The molecule has 2 fully saturated rings. The first-order chi connectivity index (χ1) is 21.0. The van der Waals surface area contributed by atoms with Crippen molar-refractivity contribution in [3.05, 3.63) is 100 Å². The Bertz CT molecular complexity index is 2070. The molecule has 0 amide bonds. The molecule has 1 aliphatic carbocycles. The van der Waals surface area contributed by atoms with E-state index >= 15 is 0 Å². The summed E-state index contributed by atoms with van der Waals surface area (Å²) >= 11 is 0. The van der Waals surface area contributed by atoms with Crippen LogP contribution in [0.4, 0.5) is 11.6 Å². The zero-order chi connectivity index (χ0) is 29.1. The summed E-state index contributed by atoms with van der Waals surface area (Å²) in [6, 6.07) is 24.9. The molecule has 8 heteroatoms. The van der Waals surface area contributed by atoms with Gasteiger partial charge in [0.1, 0.15) is 5.65 Å². The average Bonchev–Trinajstić information content (AvgIpc) is 3.80. The molecule has 2 aliphatic rings. The Kier molecular flexibility index (Phi) is 6.04. The third kappa shape index (κ3) is 4.55. The van der Waals surface area contributed by atoms with Gasteiger partial charge in [0.25, 0.3) is 5.56 Å². The molecule has 0 atom stereocenters. The molecular weight excluding hydrogens is 536 g/mol. The molecule has 8 nitrogen and oxygen atoms in total. The first kappa shape index (κ1) is 25.7. The molecular formula is C35H32N6O2. The number of fused-ring (bicyclic) bond motifs is 2. The number of aromatic nitrogens is 4. The molecule has 0 unspecified atom stereocenters. The van der Waals surface area contributed by atoms with E-state index in [1.54, 1.807) is 4.57 Å². The summed E-state index contributed by atoms with van der Waals surface area (Å²) in [6.45, 7) is 5.33. The van der Waals surface area contributed by atoms with E-state index in [0.717, 1.165) is 76.2 Å². The quantitative estimate of drug-likeness (QED) is 0.257. The number of nitrogens with one attached hydrogen (secondary N) is 1. The van der Waals surface area contributed by atoms with Crippen LogP contribution in [-0.2, 0) is 4.74 Å². The third-order valence-corrected chi connectivity index (χ3v) is 8.86. The van der Waals surface area contributed by atoms with E-state index in [9.17, 15) is 4.79 Å². The van der Waals surface area contributed by atoms with Gasteiger partial charge >= 0.3 is 0 Å². The minimum Gasteiger partial charge on any atom is -0.378 e. The minimum absolute atomic E-state index is 0.0306. The number of nitrogens with zero attached hydrogens (tertiary/aromatic N) is 4. The first-order valence-corrected chi connectivity index (χ1v) is 14.9. The third-order valence-electron chi connectivity index (χ3n) is 8.86. The van der Waals surface area contributed by atoms with Crippen molar-refractivity contribution in [3.8, 4) is 28.2 Å². The van der Waals surface area contributed by atoms with Gasteiger partial charge in [0.15, 0.2) is 0 Å². The van der Waals surface area contributed by atoms with Gasteiger partial charge < -0.3 is 20.4 Å². The number of benzene rings is 3. The number of morpholine rings is 1. The molecule has 0 radical (unpaired) electrons. The van der Waals surface area contributed by atoms with Gasteiger partial charge in [-0.05, 0) is 84.2 Å². The van der Waals surface area contributed by atoms with Crippen molar-refractivity contribution in [2.24, 2.45) is 0 Å². The Morgan fingerprint density at radius 1 is 0.930 bits per heavy atom. The van der Waals surface area contributed by atoms with Gasteiger partial charge in [0.2, 0.25) is 5.95 Å².